The van der Waals surface area contributed by atoms with E-state index in [0.29, 0.717) is 11.8 Å². The van der Waals surface area contributed by atoms with Crippen LogP contribution in [-0.4, -0.2) is 11.2 Å². The molecule has 0 aromatic carbocycles. The lowest BCUT2D eigenvalue weighted by atomic mass is 9.82. The van der Waals surface area contributed by atoms with Crippen molar-refractivity contribution in [1.29, 1.82) is 0 Å². The molecule has 1 saturated carbocycles. The Morgan fingerprint density at radius 2 is 1.86 bits per heavy atom. The summed E-state index contributed by atoms with van der Waals surface area (Å²) in [5.41, 5.74) is 0. The van der Waals surface area contributed by atoms with Gasteiger partial charge in [0.05, 0.1) is 6.10 Å². The fourth-order valence-electron chi connectivity index (χ4n) is 2.73. The summed E-state index contributed by atoms with van der Waals surface area (Å²) in [4.78, 5) is 0. The Morgan fingerprint density at radius 3 is 2.43 bits per heavy atom. The van der Waals surface area contributed by atoms with Gasteiger partial charge in [-0.3, -0.25) is 0 Å². The molecule has 1 aliphatic carbocycles. The molecule has 1 aliphatic rings. The first-order chi connectivity index (χ1) is 6.74. The van der Waals surface area contributed by atoms with Crippen molar-refractivity contribution in [3.8, 4) is 0 Å². The van der Waals surface area contributed by atoms with E-state index >= 15 is 0 Å². The van der Waals surface area contributed by atoms with Gasteiger partial charge in [-0.1, -0.05) is 46.0 Å². The maximum absolute atomic E-state index is 10.1. The van der Waals surface area contributed by atoms with Gasteiger partial charge in [-0.05, 0) is 31.1 Å². The maximum atomic E-state index is 10.1. The molecule has 1 heteroatoms. The summed E-state index contributed by atoms with van der Waals surface area (Å²) in [6.07, 6.45) is 10.1. The van der Waals surface area contributed by atoms with E-state index in [-0.39, 0.29) is 6.10 Å². The fraction of sp³-hybridized carbons (Fsp3) is 1.00. The molecule has 0 saturated heterocycles. The Kier molecular flexibility index (Phi) is 5.54. The average molecular weight is 198 g/mol. The molecule has 0 heterocycles. The molecule has 1 N–H and O–H groups in total. The first-order valence-corrected chi connectivity index (χ1v) is 6.42. The quantitative estimate of drug-likeness (QED) is 0.713. The minimum absolute atomic E-state index is 0.0168. The van der Waals surface area contributed by atoms with Crippen molar-refractivity contribution in [2.75, 3.05) is 0 Å². The summed E-state index contributed by atoms with van der Waals surface area (Å²) in [5.74, 6) is 1.32. The van der Waals surface area contributed by atoms with E-state index in [1.807, 2.05) is 0 Å². The highest BCUT2D eigenvalue weighted by molar-refractivity contribution is 4.74. The molecule has 0 aromatic heterocycles. The van der Waals surface area contributed by atoms with Gasteiger partial charge in [-0.15, -0.1) is 0 Å². The van der Waals surface area contributed by atoms with Crippen molar-refractivity contribution in [1.82, 2.24) is 0 Å². The van der Waals surface area contributed by atoms with Crippen LogP contribution < -0.4 is 0 Å². The standard InChI is InChI=1S/C13H26O/c1-3-7-11(2)10-13(14)12-8-5-4-6-9-12/h11-14H,3-10H2,1-2H3. The summed E-state index contributed by atoms with van der Waals surface area (Å²) in [6.45, 7) is 4.50. The molecule has 1 fully saturated rings. The van der Waals surface area contributed by atoms with Gasteiger partial charge in [0, 0.05) is 0 Å². The monoisotopic (exact) mass is 198 g/mol. The summed E-state index contributed by atoms with van der Waals surface area (Å²) in [5, 5.41) is 10.1. The van der Waals surface area contributed by atoms with Gasteiger partial charge in [-0.25, -0.2) is 0 Å². The first kappa shape index (κ1) is 12.0. The minimum atomic E-state index is -0.0168. The fourth-order valence-corrected chi connectivity index (χ4v) is 2.73. The first-order valence-electron chi connectivity index (χ1n) is 6.42. The molecule has 0 radical (unpaired) electrons. The molecule has 0 spiro atoms. The molecule has 1 rings (SSSR count). The van der Waals surface area contributed by atoms with Gasteiger partial charge in [0.25, 0.3) is 0 Å². The minimum Gasteiger partial charge on any atom is -0.393 e. The Hall–Kier alpha value is -0.0400. The van der Waals surface area contributed by atoms with Crippen LogP contribution in [0.5, 0.6) is 0 Å². The third kappa shape index (κ3) is 4.00. The van der Waals surface area contributed by atoms with E-state index in [1.54, 1.807) is 0 Å². The normalized spacial score (nSPS) is 23.4. The highest BCUT2D eigenvalue weighted by atomic mass is 16.3. The van der Waals surface area contributed by atoms with Gasteiger partial charge in [0.2, 0.25) is 0 Å². The molecular formula is C13H26O. The molecule has 0 amide bonds. The smallest absolute Gasteiger partial charge is 0.0570 e. The van der Waals surface area contributed by atoms with E-state index < -0.39 is 0 Å². The second kappa shape index (κ2) is 6.44. The molecule has 0 aromatic rings. The summed E-state index contributed by atoms with van der Waals surface area (Å²) < 4.78 is 0. The summed E-state index contributed by atoms with van der Waals surface area (Å²) in [6, 6.07) is 0. The number of aliphatic hydroxyl groups excluding tert-OH is 1. The lowest BCUT2D eigenvalue weighted by Crippen LogP contribution is -2.24. The molecule has 1 nitrogen and oxygen atoms in total. The molecule has 84 valence electrons. The van der Waals surface area contributed by atoms with Crippen LogP contribution in [0.4, 0.5) is 0 Å². The lowest BCUT2D eigenvalue weighted by Gasteiger charge is -2.28. The van der Waals surface area contributed by atoms with Crippen LogP contribution in [0.2, 0.25) is 0 Å². The van der Waals surface area contributed by atoms with Crippen LogP contribution in [0, 0.1) is 11.8 Å². The second-order valence-corrected chi connectivity index (χ2v) is 5.09. The van der Waals surface area contributed by atoms with Gasteiger partial charge >= 0.3 is 0 Å². The van der Waals surface area contributed by atoms with E-state index in [0.717, 1.165) is 6.42 Å². The topological polar surface area (TPSA) is 20.2 Å². The number of hydrogen-bond donors (Lipinski definition) is 1. The van der Waals surface area contributed by atoms with Crippen LogP contribution in [0.3, 0.4) is 0 Å². The zero-order valence-corrected chi connectivity index (χ0v) is 9.84. The highest BCUT2D eigenvalue weighted by Gasteiger charge is 2.22. The van der Waals surface area contributed by atoms with Gasteiger partial charge in [0.15, 0.2) is 0 Å². The maximum Gasteiger partial charge on any atom is 0.0570 e. The van der Waals surface area contributed by atoms with E-state index in [9.17, 15) is 5.11 Å². The Labute approximate surface area is 88.9 Å². The molecular weight excluding hydrogens is 172 g/mol. The van der Waals surface area contributed by atoms with Gasteiger partial charge in [-0.2, -0.15) is 0 Å². The summed E-state index contributed by atoms with van der Waals surface area (Å²) in [7, 11) is 0. The van der Waals surface area contributed by atoms with Crippen molar-refractivity contribution in [2.45, 2.75) is 71.3 Å². The van der Waals surface area contributed by atoms with Crippen molar-refractivity contribution >= 4 is 0 Å². The third-order valence-electron chi connectivity index (χ3n) is 3.62. The molecule has 2 atom stereocenters. The van der Waals surface area contributed by atoms with Crippen LogP contribution in [0.25, 0.3) is 0 Å². The highest BCUT2D eigenvalue weighted by Crippen LogP contribution is 2.29. The van der Waals surface area contributed by atoms with Gasteiger partial charge < -0.3 is 5.11 Å². The van der Waals surface area contributed by atoms with Gasteiger partial charge in [0.1, 0.15) is 0 Å². The lowest BCUT2D eigenvalue weighted by molar-refractivity contribution is 0.0632. The van der Waals surface area contributed by atoms with Crippen LogP contribution in [-0.2, 0) is 0 Å². The predicted molar refractivity (Wildman–Crippen MR) is 61.3 cm³/mol. The molecule has 0 bridgehead atoms. The van der Waals surface area contributed by atoms with Crippen LogP contribution in [0.1, 0.15) is 65.2 Å². The molecule has 2 unspecified atom stereocenters. The Bertz CT molecular complexity index is 138. The van der Waals surface area contributed by atoms with Crippen molar-refractivity contribution in [2.24, 2.45) is 11.8 Å². The van der Waals surface area contributed by atoms with Crippen molar-refractivity contribution in [3.63, 3.8) is 0 Å². The average Bonchev–Trinajstić information content (AvgIpc) is 2.19. The predicted octanol–water partition coefficient (Wildman–Crippen LogP) is 3.75. The summed E-state index contributed by atoms with van der Waals surface area (Å²) >= 11 is 0. The van der Waals surface area contributed by atoms with Crippen molar-refractivity contribution in [3.05, 3.63) is 0 Å². The largest absolute Gasteiger partial charge is 0.393 e. The molecule has 0 aliphatic heterocycles. The molecule has 14 heavy (non-hydrogen) atoms. The number of rotatable bonds is 5. The SMILES string of the molecule is CCCC(C)CC(O)C1CCCCC1. The Balaban J connectivity index is 2.21. The van der Waals surface area contributed by atoms with E-state index in [4.69, 9.17) is 0 Å². The second-order valence-electron chi connectivity index (χ2n) is 5.09. The van der Waals surface area contributed by atoms with E-state index in [2.05, 4.69) is 13.8 Å². The Morgan fingerprint density at radius 1 is 1.21 bits per heavy atom. The zero-order chi connectivity index (χ0) is 10.4. The van der Waals surface area contributed by atoms with Crippen molar-refractivity contribution < 1.29 is 5.11 Å². The van der Waals surface area contributed by atoms with Crippen LogP contribution >= 0.6 is 0 Å². The third-order valence-corrected chi connectivity index (χ3v) is 3.62. The van der Waals surface area contributed by atoms with E-state index in [1.165, 1.54) is 44.9 Å². The van der Waals surface area contributed by atoms with Crippen LogP contribution in [0.15, 0.2) is 0 Å². The number of aliphatic hydroxyl groups is 1. The number of hydrogen-bond acceptors (Lipinski definition) is 1. The zero-order valence-electron chi connectivity index (χ0n) is 9.84.